The van der Waals surface area contributed by atoms with Gasteiger partial charge in [0, 0.05) is 44.5 Å². The molecule has 1 aliphatic heterocycles. The first-order valence-electron chi connectivity index (χ1n) is 11.2. The molecule has 0 saturated carbocycles. The molecule has 35 heavy (non-hydrogen) atoms. The minimum atomic E-state index is -3.76. The van der Waals surface area contributed by atoms with E-state index in [0.717, 1.165) is 28.3 Å². The Balaban J connectivity index is 1.16. The lowest BCUT2D eigenvalue weighted by Crippen LogP contribution is -2.50. The van der Waals surface area contributed by atoms with Crippen molar-refractivity contribution in [1.82, 2.24) is 14.8 Å². The van der Waals surface area contributed by atoms with E-state index in [-0.39, 0.29) is 24.0 Å². The number of aromatic nitrogens is 1. The molecular formula is C23H29N5O5S2. The summed E-state index contributed by atoms with van der Waals surface area (Å²) in [5.74, 6) is 0.513. The molecular weight excluding hydrogens is 490 g/mol. The van der Waals surface area contributed by atoms with Gasteiger partial charge in [0.2, 0.25) is 15.9 Å². The fourth-order valence-electron chi connectivity index (χ4n) is 3.92. The van der Waals surface area contributed by atoms with E-state index >= 15 is 0 Å². The Kier molecular flexibility index (Phi) is 7.99. The van der Waals surface area contributed by atoms with Crippen molar-refractivity contribution < 1.29 is 23.1 Å². The number of sulfonamides is 1. The van der Waals surface area contributed by atoms with Crippen LogP contribution in [0.3, 0.4) is 0 Å². The molecule has 188 valence electrons. The quantitative estimate of drug-likeness (QED) is 0.384. The van der Waals surface area contributed by atoms with Crippen molar-refractivity contribution in [3.8, 4) is 5.75 Å². The van der Waals surface area contributed by atoms with Crippen molar-refractivity contribution in [2.75, 3.05) is 51.2 Å². The maximum Gasteiger partial charge on any atom is 0.238 e. The Labute approximate surface area is 208 Å². The number of piperazine rings is 1. The van der Waals surface area contributed by atoms with Crippen molar-refractivity contribution >= 4 is 43.2 Å². The molecule has 0 bridgehead atoms. The third kappa shape index (κ3) is 7.19. The van der Waals surface area contributed by atoms with Gasteiger partial charge in [0.25, 0.3) is 0 Å². The Bertz CT molecular complexity index is 1270. The predicted octanol–water partition coefficient (Wildman–Crippen LogP) is 1.25. The molecule has 4 rings (SSSR count). The van der Waals surface area contributed by atoms with Gasteiger partial charge in [-0.3, -0.25) is 14.6 Å². The zero-order valence-corrected chi connectivity index (χ0v) is 21.0. The van der Waals surface area contributed by atoms with E-state index in [1.165, 1.54) is 24.3 Å². The molecule has 4 N–H and O–H groups in total. The lowest BCUT2D eigenvalue weighted by atomic mass is 10.2. The van der Waals surface area contributed by atoms with Crippen LogP contribution in [0, 0.1) is 6.92 Å². The number of aryl methyl sites for hydroxylation is 1. The smallest absolute Gasteiger partial charge is 0.238 e. The van der Waals surface area contributed by atoms with E-state index < -0.39 is 16.1 Å². The number of thiazole rings is 1. The number of nitrogens with one attached hydrogen (secondary N) is 1. The van der Waals surface area contributed by atoms with Crippen LogP contribution in [-0.4, -0.2) is 86.2 Å². The molecule has 2 heterocycles. The molecule has 1 saturated heterocycles. The Morgan fingerprint density at radius 2 is 1.86 bits per heavy atom. The van der Waals surface area contributed by atoms with Crippen molar-refractivity contribution in [2.45, 2.75) is 17.9 Å². The summed E-state index contributed by atoms with van der Waals surface area (Å²) in [4.78, 5) is 21.0. The molecule has 1 fully saturated rings. The molecule has 1 atom stereocenters. The van der Waals surface area contributed by atoms with Gasteiger partial charge < -0.3 is 15.2 Å². The highest BCUT2D eigenvalue weighted by atomic mass is 32.2. The summed E-state index contributed by atoms with van der Waals surface area (Å²) >= 11 is 1.64. The van der Waals surface area contributed by atoms with Crippen LogP contribution in [0.15, 0.2) is 47.4 Å². The summed E-state index contributed by atoms with van der Waals surface area (Å²) in [6.45, 7) is 5.76. The number of amides is 1. The van der Waals surface area contributed by atoms with Crippen molar-refractivity contribution in [3.05, 3.63) is 47.5 Å². The molecule has 0 radical (unpaired) electrons. The number of hydrogen-bond acceptors (Lipinski definition) is 9. The fourth-order valence-corrected chi connectivity index (χ4v) is 5.24. The zero-order valence-electron chi connectivity index (χ0n) is 19.4. The van der Waals surface area contributed by atoms with E-state index in [0.29, 0.717) is 31.1 Å². The number of ether oxygens (including phenoxy) is 1. The number of nitrogens with zero attached hydrogens (tertiary/aromatic N) is 3. The highest BCUT2D eigenvalue weighted by Gasteiger charge is 2.21. The molecule has 10 nitrogen and oxygen atoms in total. The van der Waals surface area contributed by atoms with Crippen LogP contribution in [-0.2, 0) is 14.8 Å². The molecule has 2 aromatic carbocycles. The Morgan fingerprint density at radius 3 is 2.54 bits per heavy atom. The van der Waals surface area contributed by atoms with E-state index in [4.69, 9.17) is 9.88 Å². The number of nitrogens with two attached hydrogens (primary N) is 1. The molecule has 1 amide bonds. The van der Waals surface area contributed by atoms with Gasteiger partial charge in [0.05, 0.1) is 26.7 Å². The molecule has 0 spiro atoms. The number of rotatable bonds is 9. The number of fused-ring (bicyclic) bond motifs is 1. The van der Waals surface area contributed by atoms with Crippen LogP contribution in [0.2, 0.25) is 0 Å². The fraction of sp³-hybridized carbons (Fsp3) is 0.391. The third-order valence-electron chi connectivity index (χ3n) is 5.68. The first-order valence-corrected chi connectivity index (χ1v) is 13.6. The lowest BCUT2D eigenvalue weighted by Gasteiger charge is -2.35. The van der Waals surface area contributed by atoms with Crippen LogP contribution < -0.4 is 15.2 Å². The van der Waals surface area contributed by atoms with Crippen LogP contribution >= 0.6 is 11.3 Å². The second kappa shape index (κ2) is 11.0. The molecule has 0 aliphatic carbocycles. The van der Waals surface area contributed by atoms with Crippen LogP contribution in [0.4, 0.5) is 5.69 Å². The zero-order chi connectivity index (χ0) is 25.0. The first-order chi connectivity index (χ1) is 16.7. The summed E-state index contributed by atoms with van der Waals surface area (Å²) in [6.07, 6.45) is -0.627. The summed E-state index contributed by atoms with van der Waals surface area (Å²) in [6, 6.07) is 11.5. The number of primary sulfonamides is 1. The number of carbonyl (C=O) groups is 1. The highest BCUT2D eigenvalue weighted by Crippen LogP contribution is 2.25. The molecule has 12 heteroatoms. The number of aliphatic hydroxyl groups excluding tert-OH is 1. The third-order valence-corrected chi connectivity index (χ3v) is 7.56. The largest absolute Gasteiger partial charge is 0.491 e. The normalized spacial score (nSPS) is 16.3. The van der Waals surface area contributed by atoms with Gasteiger partial charge in [-0.15, -0.1) is 11.3 Å². The van der Waals surface area contributed by atoms with Crippen LogP contribution in [0.1, 0.15) is 5.01 Å². The summed E-state index contributed by atoms with van der Waals surface area (Å²) in [5, 5.41) is 19.3. The molecule has 3 aromatic rings. The molecule has 1 aromatic heterocycles. The Hall–Kier alpha value is -2.61. The second-order valence-corrected chi connectivity index (χ2v) is 11.3. The van der Waals surface area contributed by atoms with E-state index in [9.17, 15) is 18.3 Å². The van der Waals surface area contributed by atoms with Crippen molar-refractivity contribution in [1.29, 1.82) is 0 Å². The second-order valence-electron chi connectivity index (χ2n) is 8.52. The number of β-amino-alcohol motifs (C(OH)–C–C–N with tert-alkyl or cyclic N) is 1. The van der Waals surface area contributed by atoms with Gasteiger partial charge in [-0.1, -0.05) is 0 Å². The van der Waals surface area contributed by atoms with Gasteiger partial charge in [0.15, 0.2) is 0 Å². The monoisotopic (exact) mass is 519 g/mol. The number of hydrogen-bond donors (Lipinski definition) is 3. The summed E-state index contributed by atoms with van der Waals surface area (Å²) < 4.78 is 29.5. The standard InChI is InChI=1S/C23H29N5O5S2/c1-16-25-21-12-19(4-7-22(21)34-16)33-15-18(29)13-27-8-10-28(11-9-27)14-23(30)26-17-2-5-20(6-3-17)35(24,31)32/h2-7,12,18,29H,8-11,13-15H2,1H3,(H,26,30)(H2,24,31,32)/t18-/m0/s1. The van der Waals surface area contributed by atoms with Gasteiger partial charge in [0.1, 0.15) is 18.5 Å². The molecule has 1 aliphatic rings. The number of benzene rings is 2. The maximum atomic E-state index is 12.4. The highest BCUT2D eigenvalue weighted by molar-refractivity contribution is 7.89. The lowest BCUT2D eigenvalue weighted by molar-refractivity contribution is -0.117. The number of aliphatic hydroxyl groups is 1. The van der Waals surface area contributed by atoms with Gasteiger partial charge in [-0.25, -0.2) is 18.5 Å². The van der Waals surface area contributed by atoms with Gasteiger partial charge in [-0.05, 0) is 43.3 Å². The van der Waals surface area contributed by atoms with E-state index in [1.807, 2.05) is 30.0 Å². The first kappa shape index (κ1) is 25.5. The average Bonchev–Trinajstić information content (AvgIpc) is 3.18. The van der Waals surface area contributed by atoms with Crippen LogP contribution in [0.25, 0.3) is 10.2 Å². The summed E-state index contributed by atoms with van der Waals surface area (Å²) in [7, 11) is -3.76. The van der Waals surface area contributed by atoms with Gasteiger partial charge >= 0.3 is 0 Å². The maximum absolute atomic E-state index is 12.4. The summed E-state index contributed by atoms with van der Waals surface area (Å²) in [5.41, 5.74) is 1.41. The number of carbonyl (C=O) groups excluding carboxylic acids is 1. The van der Waals surface area contributed by atoms with E-state index in [2.05, 4.69) is 15.2 Å². The van der Waals surface area contributed by atoms with E-state index in [1.54, 1.807) is 11.3 Å². The topological polar surface area (TPSA) is 138 Å². The minimum Gasteiger partial charge on any atom is -0.491 e. The molecule has 0 unspecified atom stereocenters. The Morgan fingerprint density at radius 1 is 1.17 bits per heavy atom. The van der Waals surface area contributed by atoms with Gasteiger partial charge in [-0.2, -0.15) is 0 Å². The van der Waals surface area contributed by atoms with Crippen molar-refractivity contribution in [2.24, 2.45) is 5.14 Å². The number of anilines is 1. The minimum absolute atomic E-state index is 0.00479. The SMILES string of the molecule is Cc1nc2cc(OC[C@@H](O)CN3CCN(CC(=O)Nc4ccc(S(N)(=O)=O)cc4)CC3)ccc2s1. The van der Waals surface area contributed by atoms with Crippen molar-refractivity contribution in [3.63, 3.8) is 0 Å². The van der Waals surface area contributed by atoms with Crippen LogP contribution in [0.5, 0.6) is 5.75 Å². The predicted molar refractivity (Wildman–Crippen MR) is 135 cm³/mol. The average molecular weight is 520 g/mol.